The summed E-state index contributed by atoms with van der Waals surface area (Å²) in [6.45, 7) is 2.18. The predicted octanol–water partition coefficient (Wildman–Crippen LogP) is 14.7. The smallest absolute Gasteiger partial charge is 0.164 e. The van der Waals surface area contributed by atoms with Gasteiger partial charge in [0.2, 0.25) is 0 Å². The van der Waals surface area contributed by atoms with Gasteiger partial charge < -0.3 is 4.74 Å². The fourth-order valence-electron chi connectivity index (χ4n) is 9.11. The average Bonchev–Trinajstić information content (AvgIpc) is 3.44. The molecular weight excluding hydrogens is 845 g/mol. The Morgan fingerprint density at radius 1 is 0.275 bits per heavy atom. The van der Waals surface area contributed by atoms with E-state index < -0.39 is 5.60 Å². The molecule has 0 fully saturated rings. The number of benzene rings is 9. The largest absolute Gasteiger partial charge is 0.477 e. The molecule has 2 aromatic heterocycles. The Morgan fingerprint density at radius 2 is 0.565 bits per heavy atom. The van der Waals surface area contributed by atoms with Crippen molar-refractivity contribution in [3.8, 4) is 107 Å². The van der Waals surface area contributed by atoms with Crippen LogP contribution in [0.4, 0.5) is 0 Å². The Balaban J connectivity index is 0.877. The molecule has 3 heterocycles. The van der Waals surface area contributed by atoms with Crippen molar-refractivity contribution < 1.29 is 4.74 Å². The molecule has 7 nitrogen and oxygen atoms in total. The van der Waals surface area contributed by atoms with Crippen LogP contribution >= 0.6 is 0 Å². The van der Waals surface area contributed by atoms with Crippen LogP contribution in [0.3, 0.4) is 0 Å². The van der Waals surface area contributed by atoms with Crippen molar-refractivity contribution in [3.63, 3.8) is 0 Å². The van der Waals surface area contributed by atoms with Gasteiger partial charge in [-0.05, 0) is 52.4 Å². The third-order valence-corrected chi connectivity index (χ3v) is 12.8. The number of nitrogens with zero attached hydrogens (tertiary/aromatic N) is 6. The maximum absolute atomic E-state index is 7.21. The van der Waals surface area contributed by atoms with Crippen molar-refractivity contribution in [2.75, 3.05) is 0 Å². The van der Waals surface area contributed by atoms with Crippen molar-refractivity contribution in [3.05, 3.63) is 248 Å². The number of hydrogen-bond donors (Lipinski definition) is 0. The minimum atomic E-state index is -0.778. The zero-order valence-electron chi connectivity index (χ0n) is 37.6. The maximum atomic E-state index is 7.21. The van der Waals surface area contributed by atoms with E-state index in [-0.39, 0.29) is 0 Å². The first-order valence-corrected chi connectivity index (χ1v) is 23.0. The topological polar surface area (TPSA) is 86.6 Å². The number of rotatable bonds is 9. The number of hydrogen-bond acceptors (Lipinski definition) is 7. The second kappa shape index (κ2) is 17.5. The zero-order valence-corrected chi connectivity index (χ0v) is 37.6. The van der Waals surface area contributed by atoms with Crippen molar-refractivity contribution in [1.29, 1.82) is 0 Å². The quantitative estimate of drug-likeness (QED) is 0.143. The van der Waals surface area contributed by atoms with E-state index in [2.05, 4.69) is 116 Å². The Hall–Kier alpha value is -9.20. The summed E-state index contributed by atoms with van der Waals surface area (Å²) in [5.41, 5.74) is 13.4. The van der Waals surface area contributed by atoms with Crippen molar-refractivity contribution in [2.24, 2.45) is 0 Å². The first kappa shape index (κ1) is 41.2. The fraction of sp³-hybridized carbons (Fsp3) is 0.0323. The molecule has 1 atom stereocenters. The molecule has 7 heteroatoms. The molecule has 11 aromatic rings. The number of aromatic nitrogens is 6. The molecule has 9 aromatic carbocycles. The van der Waals surface area contributed by atoms with Crippen LogP contribution in [-0.4, -0.2) is 29.9 Å². The Kier molecular flexibility index (Phi) is 10.5. The Morgan fingerprint density at radius 3 is 0.942 bits per heavy atom. The molecule has 0 spiro atoms. The molecular formula is C62H42N6O. The van der Waals surface area contributed by atoms with Crippen molar-refractivity contribution in [2.45, 2.75) is 12.5 Å². The number of fused-ring (bicyclic) bond motifs is 3. The van der Waals surface area contributed by atoms with Gasteiger partial charge >= 0.3 is 0 Å². The lowest BCUT2D eigenvalue weighted by molar-refractivity contribution is 0.129. The highest BCUT2D eigenvalue weighted by Crippen LogP contribution is 2.50. The van der Waals surface area contributed by atoms with Crippen molar-refractivity contribution in [1.82, 2.24) is 29.9 Å². The number of ether oxygens (including phenoxy) is 1. The fourth-order valence-corrected chi connectivity index (χ4v) is 9.11. The summed E-state index contributed by atoms with van der Waals surface area (Å²) in [5.74, 6) is 4.60. The van der Waals surface area contributed by atoms with Crippen LogP contribution in [0, 0.1) is 0 Å². The molecule has 326 valence electrons. The Labute approximate surface area is 400 Å². The van der Waals surface area contributed by atoms with Crippen LogP contribution in [-0.2, 0) is 5.60 Å². The average molecular weight is 887 g/mol. The summed E-state index contributed by atoms with van der Waals surface area (Å²) >= 11 is 0. The van der Waals surface area contributed by atoms with E-state index in [0.29, 0.717) is 34.9 Å². The van der Waals surface area contributed by atoms with Crippen LogP contribution in [0.15, 0.2) is 237 Å². The summed E-state index contributed by atoms with van der Waals surface area (Å²) in [7, 11) is 0. The molecule has 0 N–H and O–H groups in total. The van der Waals surface area contributed by atoms with E-state index >= 15 is 0 Å². The standard InChI is InChI=1S/C62H42N6O/c1-62(51-25-15-6-16-26-51)54-39-49(41-27-31-47(32-28-41)60-65-56(43-17-7-2-8-18-43)63-57(66-60)44-19-9-3-10-20-44)35-37-52(54)53-38-36-50(40-55(53)69-62)42-29-33-48(34-30-42)61-67-58(45-21-11-4-12-22-45)64-59(68-61)46-23-13-5-14-24-46/h2-40H,1H3. The minimum absolute atomic E-state index is 0.617. The summed E-state index contributed by atoms with van der Waals surface area (Å²) in [6, 6.07) is 80.8. The molecule has 0 radical (unpaired) electrons. The predicted molar refractivity (Wildman–Crippen MR) is 276 cm³/mol. The van der Waals surface area contributed by atoms with Gasteiger partial charge in [0.05, 0.1) is 0 Å². The third-order valence-electron chi connectivity index (χ3n) is 12.8. The van der Waals surface area contributed by atoms with Crippen LogP contribution in [0.5, 0.6) is 5.75 Å². The second-order valence-electron chi connectivity index (χ2n) is 17.2. The van der Waals surface area contributed by atoms with E-state index in [0.717, 1.165) is 83.6 Å². The SMILES string of the molecule is CC1(c2ccccc2)Oc2cc(-c3ccc(-c4nc(-c5ccccc5)nc(-c5ccccc5)n4)cc3)ccc2-c2ccc(-c3ccc(-c4nc(-c5ccccc5)nc(-c5ccccc5)n4)cc3)cc21. The molecule has 1 aliphatic rings. The van der Waals surface area contributed by atoms with Crippen molar-refractivity contribution >= 4 is 0 Å². The molecule has 0 saturated carbocycles. The van der Waals surface area contributed by atoms with E-state index in [1.165, 1.54) is 0 Å². The van der Waals surface area contributed by atoms with Crippen LogP contribution in [0.2, 0.25) is 0 Å². The highest BCUT2D eigenvalue weighted by Gasteiger charge is 2.39. The lowest BCUT2D eigenvalue weighted by Gasteiger charge is -2.38. The molecule has 12 rings (SSSR count). The van der Waals surface area contributed by atoms with Crippen LogP contribution < -0.4 is 4.74 Å². The minimum Gasteiger partial charge on any atom is -0.477 e. The van der Waals surface area contributed by atoms with Gasteiger partial charge in [0.1, 0.15) is 5.75 Å². The highest BCUT2D eigenvalue weighted by molar-refractivity contribution is 5.84. The van der Waals surface area contributed by atoms with Gasteiger partial charge in [-0.2, -0.15) is 0 Å². The van der Waals surface area contributed by atoms with E-state index in [9.17, 15) is 0 Å². The van der Waals surface area contributed by atoms with Gasteiger partial charge in [0.15, 0.2) is 40.5 Å². The molecule has 1 aliphatic heterocycles. The molecule has 0 aliphatic carbocycles. The van der Waals surface area contributed by atoms with Gasteiger partial charge in [-0.3, -0.25) is 0 Å². The molecule has 0 saturated heterocycles. The molecule has 1 unspecified atom stereocenters. The maximum Gasteiger partial charge on any atom is 0.164 e. The van der Waals surface area contributed by atoms with Gasteiger partial charge in [0, 0.05) is 44.5 Å². The van der Waals surface area contributed by atoms with Gasteiger partial charge in [-0.15, -0.1) is 0 Å². The zero-order chi connectivity index (χ0) is 46.2. The summed E-state index contributed by atoms with van der Waals surface area (Å²) in [4.78, 5) is 29.5. The van der Waals surface area contributed by atoms with E-state index in [1.807, 2.05) is 127 Å². The summed E-state index contributed by atoms with van der Waals surface area (Å²) < 4.78 is 7.21. The van der Waals surface area contributed by atoms with Crippen LogP contribution in [0.1, 0.15) is 18.1 Å². The first-order valence-electron chi connectivity index (χ1n) is 23.0. The molecule has 69 heavy (non-hydrogen) atoms. The van der Waals surface area contributed by atoms with Crippen LogP contribution in [0.25, 0.3) is 102 Å². The van der Waals surface area contributed by atoms with Gasteiger partial charge in [0.25, 0.3) is 0 Å². The highest BCUT2D eigenvalue weighted by atomic mass is 16.5. The first-order chi connectivity index (χ1) is 34.0. The van der Waals surface area contributed by atoms with Gasteiger partial charge in [-0.1, -0.05) is 224 Å². The summed E-state index contributed by atoms with van der Waals surface area (Å²) in [5, 5.41) is 0. The normalized spacial score (nSPS) is 13.8. The second-order valence-corrected chi connectivity index (χ2v) is 17.2. The summed E-state index contributed by atoms with van der Waals surface area (Å²) in [6.07, 6.45) is 0. The third kappa shape index (κ3) is 8.02. The molecule has 0 bridgehead atoms. The van der Waals surface area contributed by atoms with E-state index in [1.54, 1.807) is 0 Å². The lowest BCUT2D eigenvalue weighted by atomic mass is 9.79. The lowest BCUT2D eigenvalue weighted by Crippen LogP contribution is -2.34. The van der Waals surface area contributed by atoms with Gasteiger partial charge in [-0.25, -0.2) is 29.9 Å². The molecule has 0 amide bonds. The monoisotopic (exact) mass is 886 g/mol. The van der Waals surface area contributed by atoms with E-state index in [4.69, 9.17) is 34.6 Å². The Bertz CT molecular complexity index is 3500.